The first-order valence-electron chi connectivity index (χ1n) is 12.0. The molecule has 1 atom stereocenters. The number of nitrogens with one attached hydrogen (secondary N) is 1. The lowest BCUT2D eigenvalue weighted by atomic mass is 9.98. The highest BCUT2D eigenvalue weighted by molar-refractivity contribution is 5.86. The van der Waals surface area contributed by atoms with Crippen LogP contribution in [0.15, 0.2) is 30.3 Å². The number of aliphatic hydroxyl groups excluding tert-OH is 1. The lowest BCUT2D eigenvalue weighted by Gasteiger charge is -2.41. The molecule has 37 heavy (non-hydrogen) atoms. The fourth-order valence-electron chi connectivity index (χ4n) is 4.44. The van der Waals surface area contributed by atoms with E-state index in [1.807, 2.05) is 0 Å². The normalized spacial score (nSPS) is 19.1. The topological polar surface area (TPSA) is 81.6 Å². The Kier molecular flexibility index (Phi) is 7.81. The van der Waals surface area contributed by atoms with Gasteiger partial charge in [0.05, 0.1) is 5.56 Å². The van der Waals surface area contributed by atoms with Crippen molar-refractivity contribution in [3.05, 3.63) is 47.3 Å². The lowest BCUT2D eigenvalue weighted by Crippen LogP contribution is -2.57. The van der Waals surface area contributed by atoms with E-state index in [0.717, 1.165) is 12.1 Å². The van der Waals surface area contributed by atoms with Gasteiger partial charge < -0.3 is 20.2 Å². The number of hydrogen-bond donors (Lipinski definition) is 2. The van der Waals surface area contributed by atoms with E-state index < -0.39 is 35.7 Å². The van der Waals surface area contributed by atoms with Gasteiger partial charge in [-0.3, -0.25) is 4.79 Å². The smallest absolute Gasteiger partial charge is 0.396 e. The third kappa shape index (κ3) is 6.43. The Morgan fingerprint density at radius 3 is 2.14 bits per heavy atom. The van der Waals surface area contributed by atoms with E-state index in [0.29, 0.717) is 50.9 Å². The summed E-state index contributed by atoms with van der Waals surface area (Å²) in [4.78, 5) is 23.4. The van der Waals surface area contributed by atoms with E-state index in [2.05, 4.69) is 15.3 Å². The Hall–Kier alpha value is -3.09. The number of amides is 1. The van der Waals surface area contributed by atoms with Crippen LogP contribution in [-0.2, 0) is 23.6 Å². The number of carbonyl (C=O) groups excluding carboxylic acids is 1. The van der Waals surface area contributed by atoms with E-state index in [1.165, 1.54) is 23.1 Å². The third-order valence-corrected chi connectivity index (χ3v) is 6.76. The van der Waals surface area contributed by atoms with Crippen molar-refractivity contribution >= 4 is 17.5 Å². The molecule has 2 saturated heterocycles. The van der Waals surface area contributed by atoms with Gasteiger partial charge in [-0.15, -0.1) is 0 Å². The number of halogens is 6. The van der Waals surface area contributed by atoms with Gasteiger partial charge in [0.15, 0.2) is 0 Å². The number of anilines is 2. The van der Waals surface area contributed by atoms with Crippen LogP contribution in [0.3, 0.4) is 0 Å². The summed E-state index contributed by atoms with van der Waals surface area (Å²) in [5, 5.41) is 12.0. The first kappa shape index (κ1) is 27.0. The van der Waals surface area contributed by atoms with Crippen LogP contribution >= 0.6 is 0 Å². The van der Waals surface area contributed by atoms with Gasteiger partial charge in [0, 0.05) is 38.9 Å². The van der Waals surface area contributed by atoms with Gasteiger partial charge in [0.2, 0.25) is 11.7 Å². The van der Waals surface area contributed by atoms with Gasteiger partial charge in [-0.1, -0.05) is 12.1 Å². The molecule has 0 spiro atoms. The molecule has 4 rings (SSSR count). The van der Waals surface area contributed by atoms with E-state index in [1.54, 1.807) is 4.90 Å². The second-order valence-corrected chi connectivity index (χ2v) is 9.25. The second kappa shape index (κ2) is 10.7. The molecule has 0 saturated carbocycles. The van der Waals surface area contributed by atoms with Crippen LogP contribution in [-0.4, -0.2) is 59.8 Å². The van der Waals surface area contributed by atoms with Gasteiger partial charge in [-0.25, -0.2) is 9.97 Å². The van der Waals surface area contributed by atoms with Gasteiger partial charge in [0.1, 0.15) is 17.7 Å². The highest BCUT2D eigenvalue weighted by Gasteiger charge is 2.40. The summed E-state index contributed by atoms with van der Waals surface area (Å²) in [5.41, 5.74) is -0.149. The van der Waals surface area contributed by atoms with E-state index in [9.17, 15) is 36.2 Å². The average molecular weight is 532 g/mol. The fraction of sp³-hybridized carbons (Fsp3) is 0.542. The maximum atomic E-state index is 13.6. The van der Waals surface area contributed by atoms with E-state index in [-0.39, 0.29) is 30.7 Å². The summed E-state index contributed by atoms with van der Waals surface area (Å²) in [7, 11) is 0. The van der Waals surface area contributed by atoms with Crippen LogP contribution < -0.4 is 15.1 Å². The molecule has 0 unspecified atom stereocenters. The summed E-state index contributed by atoms with van der Waals surface area (Å²) in [5.74, 6) is -1.43. The first-order valence-corrected chi connectivity index (χ1v) is 12.0. The molecular weight excluding hydrogens is 504 g/mol. The predicted molar refractivity (Wildman–Crippen MR) is 123 cm³/mol. The minimum Gasteiger partial charge on any atom is -0.396 e. The maximum absolute atomic E-state index is 13.6. The van der Waals surface area contributed by atoms with Crippen molar-refractivity contribution in [2.75, 3.05) is 42.6 Å². The SMILES string of the molecule is O=C(NCCc1ccc(C(F)(F)F)cc1)[C@@H]1CCN1c1cc(N2CCC(CO)CC2)nc(C(F)(F)F)n1. The molecule has 0 radical (unpaired) electrons. The zero-order valence-electron chi connectivity index (χ0n) is 19.8. The van der Waals surface area contributed by atoms with Crippen LogP contribution in [0.1, 0.15) is 36.2 Å². The number of alkyl halides is 6. The largest absolute Gasteiger partial charge is 0.451 e. The zero-order valence-corrected chi connectivity index (χ0v) is 19.8. The number of hydrogen-bond acceptors (Lipinski definition) is 6. The Bertz CT molecular complexity index is 1080. The number of piperidine rings is 1. The molecule has 7 nitrogen and oxygen atoms in total. The Labute approximate surface area is 209 Å². The zero-order chi connectivity index (χ0) is 26.8. The Balaban J connectivity index is 1.41. The molecule has 1 aromatic heterocycles. The lowest BCUT2D eigenvalue weighted by molar-refractivity contribution is -0.144. The molecule has 0 aliphatic carbocycles. The van der Waals surface area contributed by atoms with Crippen LogP contribution in [0.5, 0.6) is 0 Å². The number of benzene rings is 1. The summed E-state index contributed by atoms with van der Waals surface area (Å²) in [6.07, 6.45) is -7.21. The van der Waals surface area contributed by atoms with Crippen LogP contribution in [0, 0.1) is 5.92 Å². The average Bonchev–Trinajstić information content (AvgIpc) is 2.82. The van der Waals surface area contributed by atoms with Gasteiger partial charge in [-0.05, 0) is 49.3 Å². The highest BCUT2D eigenvalue weighted by atomic mass is 19.4. The first-order chi connectivity index (χ1) is 17.5. The third-order valence-electron chi connectivity index (χ3n) is 6.76. The van der Waals surface area contributed by atoms with E-state index >= 15 is 0 Å². The summed E-state index contributed by atoms with van der Waals surface area (Å²) >= 11 is 0. The molecule has 2 fully saturated rings. The number of rotatable bonds is 7. The summed E-state index contributed by atoms with van der Waals surface area (Å²) < 4.78 is 78.7. The van der Waals surface area contributed by atoms with Crippen molar-refractivity contribution in [2.24, 2.45) is 5.92 Å². The minimum absolute atomic E-state index is 0.00995. The van der Waals surface area contributed by atoms with E-state index in [4.69, 9.17) is 0 Å². The quantitative estimate of drug-likeness (QED) is 0.531. The number of aromatic nitrogens is 2. The van der Waals surface area contributed by atoms with Gasteiger partial charge in [-0.2, -0.15) is 26.3 Å². The molecular formula is C24H27F6N5O2. The number of aliphatic hydroxyl groups is 1. The maximum Gasteiger partial charge on any atom is 0.451 e. The van der Waals surface area contributed by atoms with Crippen molar-refractivity contribution < 1.29 is 36.2 Å². The molecule has 2 N–H and O–H groups in total. The molecule has 2 aliphatic rings. The van der Waals surface area contributed by atoms with Crippen molar-refractivity contribution in [1.82, 2.24) is 15.3 Å². The second-order valence-electron chi connectivity index (χ2n) is 9.25. The monoisotopic (exact) mass is 531 g/mol. The van der Waals surface area contributed by atoms with Gasteiger partial charge >= 0.3 is 12.4 Å². The summed E-state index contributed by atoms with van der Waals surface area (Å²) in [6, 6.07) is 5.38. The van der Waals surface area contributed by atoms with Crippen molar-refractivity contribution in [3.63, 3.8) is 0 Å². The Morgan fingerprint density at radius 2 is 1.59 bits per heavy atom. The summed E-state index contributed by atoms with van der Waals surface area (Å²) in [6.45, 7) is 1.44. The van der Waals surface area contributed by atoms with Gasteiger partial charge in [0.25, 0.3) is 0 Å². The van der Waals surface area contributed by atoms with Crippen molar-refractivity contribution in [3.8, 4) is 0 Å². The predicted octanol–water partition coefficient (Wildman–Crippen LogP) is 3.66. The van der Waals surface area contributed by atoms with Crippen LogP contribution in [0.25, 0.3) is 0 Å². The molecule has 13 heteroatoms. The molecule has 2 aromatic rings. The molecule has 1 aromatic carbocycles. The van der Waals surface area contributed by atoms with Crippen LogP contribution in [0.4, 0.5) is 38.0 Å². The molecule has 2 aliphatic heterocycles. The van der Waals surface area contributed by atoms with Crippen molar-refractivity contribution in [2.45, 2.75) is 44.1 Å². The Morgan fingerprint density at radius 1 is 0.946 bits per heavy atom. The highest BCUT2D eigenvalue weighted by Crippen LogP contribution is 2.34. The van der Waals surface area contributed by atoms with Crippen molar-refractivity contribution in [1.29, 1.82) is 0 Å². The van der Waals surface area contributed by atoms with Crippen LogP contribution in [0.2, 0.25) is 0 Å². The number of carbonyl (C=O) groups is 1. The molecule has 202 valence electrons. The number of nitrogens with zero attached hydrogens (tertiary/aromatic N) is 4. The standard InChI is InChI=1S/C24H27F6N5O2/c25-23(26,27)17-3-1-15(2-4-17)5-9-31-21(37)18-8-12-35(18)20-13-19(32-22(33-20)24(28,29)30)34-10-6-16(14-36)7-11-34/h1-4,13,16,18,36H,5-12,14H2,(H,31,37)/t18-/m0/s1. The molecule has 3 heterocycles. The molecule has 0 bridgehead atoms. The fourth-order valence-corrected chi connectivity index (χ4v) is 4.44. The molecule has 1 amide bonds. The minimum atomic E-state index is -4.77.